The Hall–Kier alpha value is -3.05. The first kappa shape index (κ1) is 27.1. The Balaban J connectivity index is 1.51. The molecule has 216 valence electrons. The minimum atomic E-state index is -1.21. The van der Waals surface area contributed by atoms with Gasteiger partial charge in [-0.3, -0.25) is 4.90 Å². The van der Waals surface area contributed by atoms with E-state index in [-0.39, 0.29) is 6.10 Å². The Morgan fingerprint density at radius 2 is 1.65 bits per heavy atom. The van der Waals surface area contributed by atoms with Gasteiger partial charge in [-0.05, 0) is 56.3 Å². The van der Waals surface area contributed by atoms with E-state index in [0.29, 0.717) is 35.0 Å². The second kappa shape index (κ2) is 9.51. The van der Waals surface area contributed by atoms with Crippen molar-refractivity contribution in [2.75, 3.05) is 56.3 Å². The monoisotopic (exact) mass is 555 g/mol. The van der Waals surface area contributed by atoms with E-state index in [2.05, 4.69) is 18.0 Å². The molecular weight excluding hydrogens is 518 g/mol. The average molecular weight is 556 g/mol. The molecule has 2 aromatic carbocycles. The van der Waals surface area contributed by atoms with Gasteiger partial charge < -0.3 is 37.9 Å². The molecule has 0 amide bonds. The lowest BCUT2D eigenvalue weighted by Gasteiger charge is -2.61. The molecule has 6 rings (SSSR count). The fraction of sp³-hybridized carbons (Fsp3) is 0.567. The molecule has 2 aliphatic carbocycles. The van der Waals surface area contributed by atoms with Crippen molar-refractivity contribution in [3.8, 4) is 23.0 Å². The van der Waals surface area contributed by atoms with Gasteiger partial charge in [-0.15, -0.1) is 0 Å². The lowest BCUT2D eigenvalue weighted by molar-refractivity contribution is -0.338. The van der Waals surface area contributed by atoms with Gasteiger partial charge >= 0.3 is 5.97 Å². The number of hydrogen-bond donors (Lipinski definition) is 0. The number of fused-ring (bicyclic) bond motifs is 3. The van der Waals surface area contributed by atoms with Gasteiger partial charge in [0.15, 0.2) is 23.0 Å². The zero-order chi connectivity index (χ0) is 28.4. The minimum Gasteiger partial charge on any atom is -0.493 e. The summed E-state index contributed by atoms with van der Waals surface area (Å²) in [7, 11) is 11.8. The highest BCUT2D eigenvalue weighted by Gasteiger charge is 2.83. The Bertz CT molecular complexity index is 1330. The molecule has 10 nitrogen and oxygen atoms in total. The van der Waals surface area contributed by atoms with Crippen molar-refractivity contribution in [1.29, 1.82) is 0 Å². The zero-order valence-electron chi connectivity index (χ0n) is 24.1. The van der Waals surface area contributed by atoms with Gasteiger partial charge in [0.2, 0.25) is 5.79 Å². The summed E-state index contributed by atoms with van der Waals surface area (Å²) in [5, 5.41) is 0. The van der Waals surface area contributed by atoms with Gasteiger partial charge in [0.25, 0.3) is 0 Å². The Kier molecular flexibility index (Phi) is 6.45. The van der Waals surface area contributed by atoms with E-state index in [1.807, 2.05) is 6.07 Å². The number of nitrogens with zero attached hydrogens (tertiary/aromatic N) is 1. The van der Waals surface area contributed by atoms with Crippen molar-refractivity contribution in [1.82, 2.24) is 4.90 Å². The van der Waals surface area contributed by atoms with E-state index >= 15 is 0 Å². The molecule has 2 saturated heterocycles. The van der Waals surface area contributed by atoms with E-state index in [1.54, 1.807) is 53.7 Å². The number of esters is 1. The number of hydrogen-bond acceptors (Lipinski definition) is 10. The first-order valence-electron chi connectivity index (χ1n) is 13.5. The maximum Gasteiger partial charge on any atom is 0.338 e. The molecule has 2 aromatic rings. The summed E-state index contributed by atoms with van der Waals surface area (Å²) < 4.78 is 48.3. The second-order valence-electron chi connectivity index (χ2n) is 10.9. The summed E-state index contributed by atoms with van der Waals surface area (Å²) in [6.45, 7) is 0.799. The van der Waals surface area contributed by atoms with Crippen LogP contribution in [-0.2, 0) is 24.4 Å². The number of benzene rings is 2. The number of carbonyl (C=O) groups is 1. The third kappa shape index (κ3) is 3.16. The Labute approximate surface area is 234 Å². The largest absolute Gasteiger partial charge is 0.493 e. The summed E-state index contributed by atoms with van der Waals surface area (Å²) in [4.78, 5) is 16.0. The van der Waals surface area contributed by atoms with Gasteiger partial charge in [0, 0.05) is 31.6 Å². The summed E-state index contributed by atoms with van der Waals surface area (Å²) in [5.41, 5.74) is 1.31. The summed E-state index contributed by atoms with van der Waals surface area (Å²) in [6, 6.07) is 8.95. The van der Waals surface area contributed by atoms with Crippen LogP contribution in [0, 0.1) is 0 Å². The molecule has 4 aliphatic rings. The van der Waals surface area contributed by atoms with Crippen LogP contribution in [0.2, 0.25) is 0 Å². The highest BCUT2D eigenvalue weighted by molar-refractivity contribution is 5.90. The number of methoxy groups -OCH3 is 6. The number of likely N-dealkylation sites (N-methyl/N-ethyl adjacent to an activating group) is 1. The van der Waals surface area contributed by atoms with E-state index in [1.165, 1.54) is 7.11 Å². The zero-order valence-corrected chi connectivity index (χ0v) is 24.1. The van der Waals surface area contributed by atoms with E-state index in [9.17, 15) is 4.79 Å². The average Bonchev–Trinajstić information content (AvgIpc) is 3.49. The van der Waals surface area contributed by atoms with Crippen LogP contribution < -0.4 is 18.9 Å². The lowest BCUT2D eigenvalue weighted by Crippen LogP contribution is -2.78. The van der Waals surface area contributed by atoms with Crippen LogP contribution in [0.5, 0.6) is 23.0 Å². The van der Waals surface area contributed by atoms with Gasteiger partial charge in [-0.25, -0.2) is 4.79 Å². The topological polar surface area (TPSA) is 94.2 Å². The summed E-state index contributed by atoms with van der Waals surface area (Å²) >= 11 is 0. The van der Waals surface area contributed by atoms with Crippen molar-refractivity contribution in [2.45, 2.75) is 54.3 Å². The molecule has 2 heterocycles. The van der Waals surface area contributed by atoms with E-state index in [4.69, 9.17) is 37.9 Å². The van der Waals surface area contributed by atoms with Crippen molar-refractivity contribution in [3.05, 3.63) is 47.0 Å². The molecule has 2 bridgehead atoms. The molecule has 1 saturated carbocycles. The summed E-state index contributed by atoms with van der Waals surface area (Å²) in [5.74, 6) is 0.584. The number of likely N-dealkylation sites (tertiary alicyclic amines) is 1. The van der Waals surface area contributed by atoms with Crippen molar-refractivity contribution in [3.63, 3.8) is 0 Å². The van der Waals surface area contributed by atoms with Crippen molar-refractivity contribution >= 4 is 5.97 Å². The molecule has 0 radical (unpaired) electrons. The fourth-order valence-electron chi connectivity index (χ4n) is 8.33. The van der Waals surface area contributed by atoms with Gasteiger partial charge in [0.05, 0.1) is 45.6 Å². The molecule has 6 atom stereocenters. The fourth-order valence-corrected chi connectivity index (χ4v) is 8.33. The quantitative estimate of drug-likeness (QED) is 0.451. The highest BCUT2D eigenvalue weighted by atomic mass is 16.7. The second-order valence-corrected chi connectivity index (χ2v) is 10.9. The molecule has 1 spiro atoms. The molecule has 0 aromatic heterocycles. The van der Waals surface area contributed by atoms with Crippen LogP contribution in [0.1, 0.15) is 46.9 Å². The predicted molar refractivity (Wildman–Crippen MR) is 144 cm³/mol. The lowest BCUT2D eigenvalue weighted by atomic mass is 9.50. The molecule has 0 N–H and O–H groups in total. The molecule has 0 unspecified atom stereocenters. The third-order valence-electron chi connectivity index (χ3n) is 9.79. The van der Waals surface area contributed by atoms with Crippen LogP contribution in [0.15, 0.2) is 30.3 Å². The standard InChI is InChI=1S/C30H37NO9/c1-31-13-12-28-15-23(39-27(32)17-8-10-19(33-2)21(14-17)35-4)26(37-6)30(38-7)29(28,31)16-22(40-30)18-9-11-20(34-3)25(36-5)24(18)28/h8-11,14,22-23,26H,12-13,15-16H2,1-7H3/t22-,23-,26-,28-,29-,30-/m0/s1. The van der Waals surface area contributed by atoms with Gasteiger partial charge in [-0.1, -0.05) is 6.07 Å². The number of ether oxygens (including phenoxy) is 8. The molecule has 2 aliphatic heterocycles. The Morgan fingerprint density at radius 3 is 2.30 bits per heavy atom. The molecule has 40 heavy (non-hydrogen) atoms. The highest BCUT2D eigenvalue weighted by Crippen LogP contribution is 2.73. The minimum absolute atomic E-state index is 0.263. The van der Waals surface area contributed by atoms with E-state index in [0.717, 1.165) is 30.5 Å². The number of carbonyl (C=O) groups excluding carboxylic acids is 1. The van der Waals surface area contributed by atoms with Crippen LogP contribution in [-0.4, -0.2) is 90.7 Å². The third-order valence-corrected chi connectivity index (χ3v) is 9.79. The maximum absolute atomic E-state index is 13.6. The molecule has 3 fully saturated rings. The van der Waals surface area contributed by atoms with Crippen molar-refractivity contribution < 1.29 is 42.7 Å². The first-order chi connectivity index (χ1) is 19.3. The normalized spacial score (nSPS) is 33.6. The first-order valence-corrected chi connectivity index (χ1v) is 13.5. The Morgan fingerprint density at radius 1 is 0.925 bits per heavy atom. The SMILES string of the molecule is COc1ccc(C(=O)O[C@H]2C[C@]34CCN(C)[C@@]35C[C@H](O[C@@]5(OC)[C@H]2OC)c2ccc(OC)c(OC)c24)cc1OC. The van der Waals surface area contributed by atoms with Crippen molar-refractivity contribution in [2.24, 2.45) is 0 Å². The van der Waals surface area contributed by atoms with Gasteiger partial charge in [0.1, 0.15) is 12.2 Å². The molecule has 10 heteroatoms. The summed E-state index contributed by atoms with van der Waals surface area (Å²) in [6.07, 6.45) is 0.361. The van der Waals surface area contributed by atoms with Crippen LogP contribution >= 0.6 is 0 Å². The van der Waals surface area contributed by atoms with Gasteiger partial charge in [-0.2, -0.15) is 0 Å². The van der Waals surface area contributed by atoms with Crippen LogP contribution in [0.3, 0.4) is 0 Å². The van der Waals surface area contributed by atoms with E-state index < -0.39 is 34.9 Å². The van der Waals surface area contributed by atoms with Crippen LogP contribution in [0.4, 0.5) is 0 Å². The van der Waals surface area contributed by atoms with Crippen LogP contribution in [0.25, 0.3) is 0 Å². The number of rotatable bonds is 8. The predicted octanol–water partition coefficient (Wildman–Crippen LogP) is 3.50. The smallest absolute Gasteiger partial charge is 0.338 e. The molecular formula is C30H37NO9. The maximum atomic E-state index is 13.6.